The first-order valence-electron chi connectivity index (χ1n) is 10.6. The zero-order chi connectivity index (χ0) is 22.2. The summed E-state index contributed by atoms with van der Waals surface area (Å²) in [7, 11) is 0. The molecule has 0 saturated carbocycles. The van der Waals surface area contributed by atoms with E-state index in [1.807, 2.05) is 31.2 Å². The van der Waals surface area contributed by atoms with Gasteiger partial charge in [0.05, 0.1) is 6.42 Å². The Morgan fingerprint density at radius 1 is 0.935 bits per heavy atom. The number of rotatable bonds is 6. The van der Waals surface area contributed by atoms with Crippen molar-refractivity contribution in [1.29, 1.82) is 0 Å². The van der Waals surface area contributed by atoms with Gasteiger partial charge in [0, 0.05) is 17.1 Å². The van der Waals surface area contributed by atoms with Gasteiger partial charge < -0.3 is 10.6 Å². The molecule has 0 atom stereocenters. The van der Waals surface area contributed by atoms with E-state index in [9.17, 15) is 14.4 Å². The first kappa shape index (κ1) is 22.2. The molecule has 7 nitrogen and oxygen atoms in total. The Morgan fingerprint density at radius 2 is 1.68 bits per heavy atom. The van der Waals surface area contributed by atoms with E-state index in [1.54, 1.807) is 19.1 Å². The maximum atomic E-state index is 12.4. The van der Waals surface area contributed by atoms with Crippen molar-refractivity contribution < 1.29 is 14.4 Å². The van der Waals surface area contributed by atoms with E-state index in [0.717, 1.165) is 36.9 Å². The van der Waals surface area contributed by atoms with Crippen LogP contribution in [0.4, 0.5) is 11.4 Å². The molecule has 3 rings (SSSR count). The third-order valence-corrected chi connectivity index (χ3v) is 5.26. The molecule has 1 aliphatic carbocycles. The van der Waals surface area contributed by atoms with Crippen molar-refractivity contribution in [2.24, 2.45) is 5.10 Å². The van der Waals surface area contributed by atoms with Crippen LogP contribution < -0.4 is 16.1 Å². The maximum absolute atomic E-state index is 12.4. The number of carbonyl (C=O) groups excluding carboxylic acids is 3. The summed E-state index contributed by atoms with van der Waals surface area (Å²) in [4.78, 5) is 36.4. The molecule has 0 aromatic heterocycles. The summed E-state index contributed by atoms with van der Waals surface area (Å²) in [6.07, 6.45) is 5.21. The van der Waals surface area contributed by atoms with Crippen molar-refractivity contribution in [2.75, 3.05) is 10.6 Å². The average molecular weight is 421 g/mol. The summed E-state index contributed by atoms with van der Waals surface area (Å²) in [6.45, 7) is 3.66. The van der Waals surface area contributed by atoms with Crippen molar-refractivity contribution >= 4 is 34.8 Å². The van der Waals surface area contributed by atoms with E-state index in [1.165, 1.54) is 17.5 Å². The Hall–Kier alpha value is -3.48. The van der Waals surface area contributed by atoms with Crippen LogP contribution in [0.5, 0.6) is 0 Å². The molecule has 0 unspecified atom stereocenters. The zero-order valence-corrected chi connectivity index (χ0v) is 18.0. The Kier molecular flexibility index (Phi) is 7.54. The van der Waals surface area contributed by atoms with Crippen molar-refractivity contribution in [3.63, 3.8) is 0 Å². The molecule has 0 saturated heterocycles. The van der Waals surface area contributed by atoms with Crippen LogP contribution >= 0.6 is 0 Å². The quantitative estimate of drug-likeness (QED) is 0.378. The topological polar surface area (TPSA) is 99.7 Å². The third kappa shape index (κ3) is 6.25. The van der Waals surface area contributed by atoms with Crippen LogP contribution in [0.3, 0.4) is 0 Å². The fourth-order valence-electron chi connectivity index (χ4n) is 3.57. The normalized spacial score (nSPS) is 13.2. The molecule has 0 heterocycles. The minimum absolute atomic E-state index is 0.0179. The minimum Gasteiger partial charge on any atom is -0.325 e. The number of fused-ring (bicyclic) bond motifs is 1. The Bertz CT molecular complexity index is 996. The van der Waals surface area contributed by atoms with Gasteiger partial charge in [0.25, 0.3) is 0 Å². The Balaban J connectivity index is 1.50. The summed E-state index contributed by atoms with van der Waals surface area (Å²) in [6, 6.07) is 13.2. The van der Waals surface area contributed by atoms with E-state index in [0.29, 0.717) is 11.4 Å². The predicted octanol–water partition coefficient (Wildman–Crippen LogP) is 3.59. The molecule has 3 N–H and O–H groups in total. The van der Waals surface area contributed by atoms with E-state index in [4.69, 9.17) is 0 Å². The first-order chi connectivity index (χ1) is 15.0. The number of aryl methyl sites for hydroxylation is 2. The molecule has 1 aliphatic rings. The highest BCUT2D eigenvalue weighted by atomic mass is 16.2. The molecule has 2 aromatic rings. The van der Waals surface area contributed by atoms with Crippen LogP contribution in [0.25, 0.3) is 0 Å². The second kappa shape index (κ2) is 10.5. The molecule has 0 fully saturated rings. The monoisotopic (exact) mass is 420 g/mol. The van der Waals surface area contributed by atoms with Crippen LogP contribution in [-0.4, -0.2) is 23.4 Å². The second-order valence-electron chi connectivity index (χ2n) is 7.67. The molecule has 162 valence electrons. The van der Waals surface area contributed by atoms with Gasteiger partial charge in [0.2, 0.25) is 5.91 Å². The fraction of sp³-hybridized carbons (Fsp3) is 0.333. The number of hydrogen-bond acceptors (Lipinski definition) is 4. The number of nitrogens with zero attached hydrogens (tertiary/aromatic N) is 1. The van der Waals surface area contributed by atoms with Gasteiger partial charge in [0.1, 0.15) is 0 Å². The summed E-state index contributed by atoms with van der Waals surface area (Å²) in [5, 5.41) is 9.34. The van der Waals surface area contributed by atoms with Gasteiger partial charge in [-0.3, -0.25) is 14.4 Å². The van der Waals surface area contributed by atoms with Crippen LogP contribution in [-0.2, 0) is 33.6 Å². The lowest BCUT2D eigenvalue weighted by atomic mass is 9.90. The molecule has 31 heavy (non-hydrogen) atoms. The highest BCUT2D eigenvalue weighted by Crippen LogP contribution is 2.27. The van der Waals surface area contributed by atoms with Crippen LogP contribution in [0, 0.1) is 0 Å². The lowest BCUT2D eigenvalue weighted by Crippen LogP contribution is -2.33. The van der Waals surface area contributed by atoms with Gasteiger partial charge in [-0.05, 0) is 73.9 Å². The molecular formula is C24H28N4O3. The third-order valence-electron chi connectivity index (χ3n) is 5.26. The van der Waals surface area contributed by atoms with Crippen molar-refractivity contribution in [3.8, 4) is 0 Å². The van der Waals surface area contributed by atoms with Gasteiger partial charge in [0.15, 0.2) is 0 Å². The number of carbonyl (C=O) groups is 3. The largest absolute Gasteiger partial charge is 0.329 e. The summed E-state index contributed by atoms with van der Waals surface area (Å²) >= 11 is 0. The maximum Gasteiger partial charge on any atom is 0.329 e. The number of amides is 3. The Labute approximate surface area is 182 Å². The van der Waals surface area contributed by atoms with Crippen LogP contribution in [0.1, 0.15) is 49.8 Å². The number of hydrogen-bond donors (Lipinski definition) is 3. The molecule has 7 heteroatoms. The van der Waals surface area contributed by atoms with Crippen molar-refractivity contribution in [1.82, 2.24) is 5.43 Å². The smallest absolute Gasteiger partial charge is 0.325 e. The zero-order valence-electron chi connectivity index (χ0n) is 18.0. The number of nitrogens with one attached hydrogen (secondary N) is 3. The van der Waals surface area contributed by atoms with E-state index < -0.39 is 11.8 Å². The van der Waals surface area contributed by atoms with Gasteiger partial charge in [-0.2, -0.15) is 5.10 Å². The first-order valence-corrected chi connectivity index (χ1v) is 10.6. The van der Waals surface area contributed by atoms with Gasteiger partial charge >= 0.3 is 11.8 Å². The highest BCUT2D eigenvalue weighted by Gasteiger charge is 2.16. The lowest BCUT2D eigenvalue weighted by Gasteiger charge is -2.19. The molecule has 2 aromatic carbocycles. The minimum atomic E-state index is -0.892. The lowest BCUT2D eigenvalue weighted by molar-refractivity contribution is -0.136. The van der Waals surface area contributed by atoms with Crippen LogP contribution in [0.15, 0.2) is 47.6 Å². The second-order valence-corrected chi connectivity index (χ2v) is 7.67. The number of hydrazone groups is 1. The molecular weight excluding hydrogens is 392 g/mol. The summed E-state index contributed by atoms with van der Waals surface area (Å²) in [5.41, 5.74) is 7.60. The average Bonchev–Trinajstić information content (AvgIpc) is 2.78. The number of benzene rings is 2. The summed E-state index contributed by atoms with van der Waals surface area (Å²) in [5.74, 6) is -1.92. The standard InChI is InChI=1S/C24H28N4O3/c1-3-17-11-13-19(14-12-17)25-23(30)24(31)28-27-16(2)15-22(29)26-21-10-6-8-18-7-4-5-9-20(18)21/h6,8,10-14H,3-5,7,9,15H2,1-2H3,(H,25,30)(H,26,29)(H,28,31)/b27-16-. The Morgan fingerprint density at radius 3 is 2.42 bits per heavy atom. The number of anilines is 2. The van der Waals surface area contributed by atoms with E-state index in [2.05, 4.69) is 27.2 Å². The molecule has 0 spiro atoms. The van der Waals surface area contributed by atoms with Gasteiger partial charge in [-0.1, -0.05) is 31.2 Å². The molecule has 3 amide bonds. The molecule has 0 aliphatic heterocycles. The molecule has 0 radical (unpaired) electrons. The van der Waals surface area contributed by atoms with Crippen LogP contribution in [0.2, 0.25) is 0 Å². The SMILES string of the molecule is CCc1ccc(NC(=O)C(=O)N/N=C(/C)CC(=O)Nc2cccc3c2CCCC3)cc1. The fourth-order valence-corrected chi connectivity index (χ4v) is 3.57. The molecule has 0 bridgehead atoms. The van der Waals surface area contributed by atoms with E-state index in [-0.39, 0.29) is 12.3 Å². The summed E-state index contributed by atoms with van der Waals surface area (Å²) < 4.78 is 0. The van der Waals surface area contributed by atoms with Gasteiger partial charge in [-0.15, -0.1) is 0 Å². The van der Waals surface area contributed by atoms with Crippen molar-refractivity contribution in [3.05, 3.63) is 59.2 Å². The van der Waals surface area contributed by atoms with E-state index >= 15 is 0 Å². The van der Waals surface area contributed by atoms with Crippen molar-refractivity contribution in [2.45, 2.75) is 52.4 Å². The predicted molar refractivity (Wildman–Crippen MR) is 122 cm³/mol. The highest BCUT2D eigenvalue weighted by molar-refractivity contribution is 6.39. The van der Waals surface area contributed by atoms with Gasteiger partial charge in [-0.25, -0.2) is 5.43 Å².